The molecule has 1 amide bonds. The van der Waals surface area contributed by atoms with Crippen LogP contribution in [0.2, 0.25) is 5.02 Å². The number of aliphatic hydroxyl groups excluding tert-OH is 1. The Hall–Kier alpha value is -1.30. The number of carbonyl (C=O) groups excluding carboxylic acids is 1. The van der Waals surface area contributed by atoms with E-state index in [9.17, 15) is 9.90 Å². The Bertz CT molecular complexity index is 410. The number of hydrogen-bond donors (Lipinski definition) is 3. The van der Waals surface area contributed by atoms with E-state index in [0.717, 1.165) is 0 Å². The summed E-state index contributed by atoms with van der Waals surface area (Å²) in [6, 6.07) is 4.81. The lowest BCUT2D eigenvalue weighted by Crippen LogP contribution is -2.33. The molecule has 1 aromatic carbocycles. The van der Waals surface area contributed by atoms with Crippen LogP contribution in [0.15, 0.2) is 18.2 Å². The predicted molar refractivity (Wildman–Crippen MR) is 67.9 cm³/mol. The lowest BCUT2D eigenvalue weighted by Gasteiger charge is -2.20. The summed E-state index contributed by atoms with van der Waals surface area (Å²) in [5, 5.41) is 9.70. The predicted octanol–water partition coefficient (Wildman–Crippen LogP) is 1.08. The molecule has 1 aromatic rings. The number of rotatable bonds is 4. The second-order valence-electron chi connectivity index (χ2n) is 3.87. The van der Waals surface area contributed by atoms with Gasteiger partial charge in [0.05, 0.1) is 17.4 Å². The fraction of sp³-hybridized carbons (Fsp3) is 0.364. The largest absolute Gasteiger partial charge is 0.392 e. The minimum atomic E-state index is -0.586. The molecule has 0 fully saturated rings. The summed E-state index contributed by atoms with van der Waals surface area (Å²) >= 11 is 5.84. The number of halogens is 1. The number of amides is 1. The van der Waals surface area contributed by atoms with Crippen LogP contribution in [0.5, 0.6) is 0 Å². The summed E-state index contributed by atoms with van der Waals surface area (Å²) in [6.07, 6.45) is -0.586. The zero-order valence-electron chi connectivity index (χ0n) is 9.77. The molecule has 0 aliphatic heterocycles. The van der Waals surface area contributed by atoms with Crippen molar-refractivity contribution in [3.05, 3.63) is 28.8 Å². The first-order valence-electron chi connectivity index (χ1n) is 5.15. The van der Waals surface area contributed by atoms with E-state index in [-0.39, 0.29) is 12.5 Å². The van der Waals surface area contributed by atoms with Gasteiger partial charge in [0, 0.05) is 18.6 Å². The van der Waals surface area contributed by atoms with Crippen LogP contribution in [0.4, 0.5) is 5.69 Å². The molecule has 0 heterocycles. The third-order valence-electron chi connectivity index (χ3n) is 2.25. The van der Waals surface area contributed by atoms with Crippen molar-refractivity contribution < 1.29 is 9.90 Å². The van der Waals surface area contributed by atoms with E-state index in [1.807, 2.05) is 0 Å². The van der Waals surface area contributed by atoms with Crippen molar-refractivity contribution in [1.29, 1.82) is 0 Å². The average molecular weight is 258 g/mol. The smallest absolute Gasteiger partial charge is 0.255 e. The van der Waals surface area contributed by atoms with Gasteiger partial charge in [0.25, 0.3) is 5.91 Å². The van der Waals surface area contributed by atoms with E-state index in [4.69, 9.17) is 17.4 Å². The molecule has 0 saturated carbocycles. The van der Waals surface area contributed by atoms with Gasteiger partial charge in [-0.2, -0.15) is 0 Å². The van der Waals surface area contributed by atoms with Crippen molar-refractivity contribution in [2.24, 2.45) is 5.84 Å². The Morgan fingerprint density at radius 2 is 2.29 bits per heavy atom. The maximum atomic E-state index is 12.1. The van der Waals surface area contributed by atoms with E-state index in [1.165, 1.54) is 11.0 Å². The van der Waals surface area contributed by atoms with Gasteiger partial charge in [0.1, 0.15) is 0 Å². The Labute approximate surface area is 105 Å². The van der Waals surface area contributed by atoms with Crippen LogP contribution >= 0.6 is 11.6 Å². The number of aliphatic hydroxyl groups is 1. The molecule has 0 spiro atoms. The first-order chi connectivity index (χ1) is 7.95. The summed E-state index contributed by atoms with van der Waals surface area (Å²) in [5.41, 5.74) is 3.32. The highest BCUT2D eigenvalue weighted by atomic mass is 35.5. The third kappa shape index (κ3) is 3.59. The molecule has 0 aliphatic carbocycles. The van der Waals surface area contributed by atoms with E-state index >= 15 is 0 Å². The number of nitrogens with one attached hydrogen (secondary N) is 1. The molecule has 0 radical (unpaired) electrons. The molecule has 4 N–H and O–H groups in total. The standard InChI is InChI=1S/C11H16ClN3O2/c1-7(16)6-15(2)11(17)9-5-8(12)3-4-10(9)14-13/h3-5,7,14,16H,6,13H2,1-2H3. The molecular formula is C11H16ClN3O2. The number of nitrogens with zero attached hydrogens (tertiary/aromatic N) is 1. The highest BCUT2D eigenvalue weighted by Gasteiger charge is 2.17. The van der Waals surface area contributed by atoms with Crippen molar-refractivity contribution in [1.82, 2.24) is 4.90 Å². The monoisotopic (exact) mass is 257 g/mol. The normalized spacial score (nSPS) is 12.1. The fourth-order valence-electron chi connectivity index (χ4n) is 1.50. The third-order valence-corrected chi connectivity index (χ3v) is 2.49. The molecule has 0 bridgehead atoms. The number of nitrogens with two attached hydrogens (primary N) is 1. The molecule has 0 aromatic heterocycles. The zero-order chi connectivity index (χ0) is 13.0. The maximum Gasteiger partial charge on any atom is 0.255 e. The van der Waals surface area contributed by atoms with Gasteiger partial charge in [-0.15, -0.1) is 0 Å². The van der Waals surface area contributed by atoms with E-state index < -0.39 is 6.10 Å². The second kappa shape index (κ2) is 5.86. The molecule has 1 unspecified atom stereocenters. The summed E-state index contributed by atoms with van der Waals surface area (Å²) < 4.78 is 0. The minimum Gasteiger partial charge on any atom is -0.392 e. The molecule has 1 atom stereocenters. The van der Waals surface area contributed by atoms with Crippen LogP contribution < -0.4 is 11.3 Å². The van der Waals surface area contributed by atoms with Gasteiger partial charge in [-0.05, 0) is 25.1 Å². The number of hydrazine groups is 1. The number of carbonyl (C=O) groups is 1. The number of benzene rings is 1. The van der Waals surface area contributed by atoms with Gasteiger partial charge >= 0.3 is 0 Å². The van der Waals surface area contributed by atoms with Crippen LogP contribution in [0.25, 0.3) is 0 Å². The van der Waals surface area contributed by atoms with Gasteiger partial charge in [-0.1, -0.05) is 11.6 Å². The van der Waals surface area contributed by atoms with Crippen molar-refractivity contribution >= 4 is 23.2 Å². The highest BCUT2D eigenvalue weighted by molar-refractivity contribution is 6.31. The number of anilines is 1. The van der Waals surface area contributed by atoms with Gasteiger partial charge in [-0.3, -0.25) is 10.6 Å². The minimum absolute atomic E-state index is 0.245. The van der Waals surface area contributed by atoms with Crippen molar-refractivity contribution in [2.75, 3.05) is 19.0 Å². The highest BCUT2D eigenvalue weighted by Crippen LogP contribution is 2.21. The van der Waals surface area contributed by atoms with Crippen LogP contribution in [-0.2, 0) is 0 Å². The SMILES string of the molecule is CC(O)CN(C)C(=O)c1cc(Cl)ccc1NN. The summed E-state index contributed by atoms with van der Waals surface area (Å²) in [7, 11) is 1.61. The van der Waals surface area contributed by atoms with Gasteiger partial charge in [-0.25, -0.2) is 0 Å². The molecule has 0 aliphatic rings. The maximum absolute atomic E-state index is 12.1. The van der Waals surface area contributed by atoms with Crippen molar-refractivity contribution in [3.8, 4) is 0 Å². The first-order valence-corrected chi connectivity index (χ1v) is 5.53. The summed E-state index contributed by atoms with van der Waals surface area (Å²) in [5.74, 6) is 5.08. The Morgan fingerprint density at radius 1 is 1.65 bits per heavy atom. The Kier molecular flexibility index (Phi) is 4.74. The average Bonchev–Trinajstić information content (AvgIpc) is 2.27. The lowest BCUT2D eigenvalue weighted by atomic mass is 10.1. The molecule has 0 saturated heterocycles. The van der Waals surface area contributed by atoms with Crippen LogP contribution in [-0.4, -0.2) is 35.6 Å². The van der Waals surface area contributed by atoms with Crippen LogP contribution in [0, 0.1) is 0 Å². The Balaban J connectivity index is 2.98. The Morgan fingerprint density at radius 3 is 2.82 bits per heavy atom. The summed E-state index contributed by atoms with van der Waals surface area (Å²) in [6.45, 7) is 1.86. The van der Waals surface area contributed by atoms with Gasteiger partial charge in [0.15, 0.2) is 0 Å². The van der Waals surface area contributed by atoms with Gasteiger partial charge in [0.2, 0.25) is 0 Å². The molecule has 6 heteroatoms. The molecular weight excluding hydrogens is 242 g/mol. The van der Waals surface area contributed by atoms with Crippen molar-refractivity contribution in [2.45, 2.75) is 13.0 Å². The van der Waals surface area contributed by atoms with E-state index in [0.29, 0.717) is 16.3 Å². The number of hydrogen-bond acceptors (Lipinski definition) is 4. The quantitative estimate of drug-likeness (QED) is 0.557. The van der Waals surface area contributed by atoms with Crippen molar-refractivity contribution in [3.63, 3.8) is 0 Å². The second-order valence-corrected chi connectivity index (χ2v) is 4.31. The van der Waals surface area contributed by atoms with Gasteiger partial charge < -0.3 is 15.4 Å². The number of nitrogen functional groups attached to an aromatic ring is 1. The zero-order valence-corrected chi connectivity index (χ0v) is 10.5. The first kappa shape index (κ1) is 13.8. The fourth-order valence-corrected chi connectivity index (χ4v) is 1.68. The number of likely N-dealkylation sites (N-methyl/N-ethyl adjacent to an activating group) is 1. The van der Waals surface area contributed by atoms with E-state index in [2.05, 4.69) is 5.43 Å². The molecule has 1 rings (SSSR count). The molecule has 94 valence electrons. The molecule has 5 nitrogen and oxygen atoms in total. The summed E-state index contributed by atoms with van der Waals surface area (Å²) in [4.78, 5) is 13.5. The van der Waals surface area contributed by atoms with Crippen LogP contribution in [0.3, 0.4) is 0 Å². The van der Waals surface area contributed by atoms with E-state index in [1.54, 1.807) is 26.1 Å². The topological polar surface area (TPSA) is 78.6 Å². The lowest BCUT2D eigenvalue weighted by molar-refractivity contribution is 0.0704. The van der Waals surface area contributed by atoms with Crippen LogP contribution in [0.1, 0.15) is 17.3 Å². The molecule has 17 heavy (non-hydrogen) atoms.